The SMILES string of the molecule is COc1cc(CNCc2cccc(C3CC3)c2)ccn1. The van der Waals surface area contributed by atoms with Gasteiger partial charge < -0.3 is 10.1 Å². The van der Waals surface area contributed by atoms with Crippen LogP contribution in [0.15, 0.2) is 42.6 Å². The molecule has 0 saturated heterocycles. The molecule has 0 bridgehead atoms. The minimum atomic E-state index is 0.667. The molecule has 1 saturated carbocycles. The van der Waals surface area contributed by atoms with E-state index in [-0.39, 0.29) is 0 Å². The number of ether oxygens (including phenoxy) is 1. The molecule has 0 spiro atoms. The highest BCUT2D eigenvalue weighted by Crippen LogP contribution is 2.40. The molecule has 1 aliphatic rings. The van der Waals surface area contributed by atoms with Crippen LogP contribution in [0.1, 0.15) is 35.4 Å². The lowest BCUT2D eigenvalue weighted by molar-refractivity contribution is 0.397. The number of nitrogens with zero attached hydrogens (tertiary/aromatic N) is 1. The predicted molar refractivity (Wildman–Crippen MR) is 79.7 cm³/mol. The fourth-order valence-corrected chi connectivity index (χ4v) is 2.40. The average molecular weight is 268 g/mol. The summed E-state index contributed by atoms with van der Waals surface area (Å²) < 4.78 is 5.13. The lowest BCUT2D eigenvalue weighted by Gasteiger charge is -2.07. The molecule has 1 aromatic heterocycles. The van der Waals surface area contributed by atoms with E-state index in [1.54, 1.807) is 13.3 Å². The van der Waals surface area contributed by atoms with E-state index in [0.717, 1.165) is 19.0 Å². The van der Waals surface area contributed by atoms with Gasteiger partial charge in [0.05, 0.1) is 7.11 Å². The first-order chi connectivity index (χ1) is 9.85. The standard InChI is InChI=1S/C17H20N2O/c1-20-17-10-14(7-8-19-17)12-18-11-13-3-2-4-16(9-13)15-5-6-15/h2-4,7-10,15,18H,5-6,11-12H2,1H3. The van der Waals surface area contributed by atoms with Gasteiger partial charge >= 0.3 is 0 Å². The smallest absolute Gasteiger partial charge is 0.213 e. The van der Waals surface area contributed by atoms with Crippen LogP contribution in [-0.4, -0.2) is 12.1 Å². The molecular formula is C17H20N2O. The van der Waals surface area contributed by atoms with E-state index in [4.69, 9.17) is 4.74 Å². The van der Waals surface area contributed by atoms with Crippen molar-refractivity contribution in [1.29, 1.82) is 0 Å². The van der Waals surface area contributed by atoms with Crippen molar-refractivity contribution in [2.24, 2.45) is 0 Å². The monoisotopic (exact) mass is 268 g/mol. The van der Waals surface area contributed by atoms with Crippen LogP contribution in [0.5, 0.6) is 5.88 Å². The van der Waals surface area contributed by atoms with Gasteiger partial charge in [0.1, 0.15) is 0 Å². The average Bonchev–Trinajstić information content (AvgIpc) is 3.33. The highest BCUT2D eigenvalue weighted by atomic mass is 16.5. The number of hydrogen-bond acceptors (Lipinski definition) is 3. The van der Waals surface area contributed by atoms with Crippen LogP contribution in [0.25, 0.3) is 0 Å². The van der Waals surface area contributed by atoms with Gasteiger partial charge in [0.2, 0.25) is 5.88 Å². The molecule has 2 aromatic rings. The molecule has 3 heteroatoms. The third-order valence-corrected chi connectivity index (χ3v) is 3.67. The van der Waals surface area contributed by atoms with Crippen molar-refractivity contribution in [3.8, 4) is 5.88 Å². The first-order valence-corrected chi connectivity index (χ1v) is 7.13. The largest absolute Gasteiger partial charge is 0.481 e. The summed E-state index contributed by atoms with van der Waals surface area (Å²) in [5, 5.41) is 3.47. The van der Waals surface area contributed by atoms with Crippen LogP contribution in [0.3, 0.4) is 0 Å². The Balaban J connectivity index is 1.55. The van der Waals surface area contributed by atoms with E-state index in [1.165, 1.54) is 29.5 Å². The summed E-state index contributed by atoms with van der Waals surface area (Å²) in [6.45, 7) is 1.72. The zero-order valence-corrected chi connectivity index (χ0v) is 11.8. The highest BCUT2D eigenvalue weighted by molar-refractivity contribution is 5.29. The fourth-order valence-electron chi connectivity index (χ4n) is 2.40. The number of rotatable bonds is 6. The Kier molecular flexibility index (Phi) is 3.97. The van der Waals surface area contributed by atoms with Crippen molar-refractivity contribution in [2.45, 2.75) is 31.8 Å². The number of nitrogens with one attached hydrogen (secondary N) is 1. The zero-order valence-electron chi connectivity index (χ0n) is 11.8. The Morgan fingerprint density at radius 3 is 2.70 bits per heavy atom. The van der Waals surface area contributed by atoms with Crippen LogP contribution in [0, 0.1) is 0 Å². The maximum atomic E-state index is 5.13. The second-order valence-corrected chi connectivity index (χ2v) is 5.33. The van der Waals surface area contributed by atoms with Gasteiger partial charge in [-0.15, -0.1) is 0 Å². The molecule has 0 unspecified atom stereocenters. The van der Waals surface area contributed by atoms with Crippen LogP contribution in [0.2, 0.25) is 0 Å². The van der Waals surface area contributed by atoms with Crippen molar-refractivity contribution in [3.63, 3.8) is 0 Å². The molecule has 104 valence electrons. The van der Waals surface area contributed by atoms with Crippen molar-refractivity contribution in [2.75, 3.05) is 7.11 Å². The van der Waals surface area contributed by atoms with Crippen LogP contribution in [-0.2, 0) is 13.1 Å². The lowest BCUT2D eigenvalue weighted by atomic mass is 10.1. The summed E-state index contributed by atoms with van der Waals surface area (Å²) >= 11 is 0. The molecule has 1 aromatic carbocycles. The number of pyridine rings is 1. The molecule has 0 amide bonds. The Bertz CT molecular complexity index is 579. The van der Waals surface area contributed by atoms with Gasteiger partial charge in [-0.25, -0.2) is 4.98 Å². The topological polar surface area (TPSA) is 34.1 Å². The van der Waals surface area contributed by atoms with E-state index in [0.29, 0.717) is 5.88 Å². The first-order valence-electron chi connectivity index (χ1n) is 7.13. The van der Waals surface area contributed by atoms with Gasteiger partial charge in [-0.1, -0.05) is 24.3 Å². The number of methoxy groups -OCH3 is 1. The molecule has 20 heavy (non-hydrogen) atoms. The molecule has 1 fully saturated rings. The van der Waals surface area contributed by atoms with Gasteiger partial charge in [-0.05, 0) is 41.5 Å². The van der Waals surface area contributed by atoms with Crippen LogP contribution >= 0.6 is 0 Å². The molecule has 0 atom stereocenters. The Hall–Kier alpha value is -1.87. The van der Waals surface area contributed by atoms with Gasteiger partial charge in [0.15, 0.2) is 0 Å². The van der Waals surface area contributed by atoms with E-state index >= 15 is 0 Å². The van der Waals surface area contributed by atoms with Crippen LogP contribution in [0.4, 0.5) is 0 Å². The maximum absolute atomic E-state index is 5.13. The van der Waals surface area contributed by atoms with Gasteiger partial charge in [-0.3, -0.25) is 0 Å². The Morgan fingerprint density at radius 2 is 1.95 bits per heavy atom. The fraction of sp³-hybridized carbons (Fsp3) is 0.353. The number of aromatic nitrogens is 1. The van der Waals surface area contributed by atoms with Crippen molar-refractivity contribution in [3.05, 3.63) is 59.3 Å². The van der Waals surface area contributed by atoms with E-state index in [9.17, 15) is 0 Å². The zero-order chi connectivity index (χ0) is 13.8. The quantitative estimate of drug-likeness (QED) is 0.873. The van der Waals surface area contributed by atoms with Crippen molar-refractivity contribution in [1.82, 2.24) is 10.3 Å². The summed E-state index contributed by atoms with van der Waals surface area (Å²) in [4.78, 5) is 4.11. The third-order valence-electron chi connectivity index (χ3n) is 3.67. The first kappa shape index (κ1) is 13.1. The summed E-state index contributed by atoms with van der Waals surface area (Å²) in [5.74, 6) is 1.49. The van der Waals surface area contributed by atoms with E-state index in [1.807, 2.05) is 12.1 Å². The molecule has 1 N–H and O–H groups in total. The van der Waals surface area contributed by atoms with Gasteiger partial charge in [0, 0.05) is 25.4 Å². The summed E-state index contributed by atoms with van der Waals surface area (Å²) in [7, 11) is 1.64. The number of hydrogen-bond donors (Lipinski definition) is 1. The highest BCUT2D eigenvalue weighted by Gasteiger charge is 2.23. The Morgan fingerprint density at radius 1 is 1.15 bits per heavy atom. The second kappa shape index (κ2) is 6.06. The van der Waals surface area contributed by atoms with Crippen molar-refractivity contribution < 1.29 is 4.74 Å². The summed E-state index contributed by atoms with van der Waals surface area (Å²) in [6.07, 6.45) is 4.49. The summed E-state index contributed by atoms with van der Waals surface area (Å²) in [5.41, 5.74) is 4.04. The minimum Gasteiger partial charge on any atom is -0.481 e. The molecular weight excluding hydrogens is 248 g/mol. The van der Waals surface area contributed by atoms with Gasteiger partial charge in [0.25, 0.3) is 0 Å². The molecule has 0 aliphatic heterocycles. The van der Waals surface area contributed by atoms with Crippen LogP contribution < -0.4 is 10.1 Å². The molecule has 3 rings (SSSR count). The second-order valence-electron chi connectivity index (χ2n) is 5.33. The molecule has 1 heterocycles. The molecule has 0 radical (unpaired) electrons. The lowest BCUT2D eigenvalue weighted by Crippen LogP contribution is -2.12. The maximum Gasteiger partial charge on any atom is 0.213 e. The predicted octanol–water partition coefficient (Wildman–Crippen LogP) is 3.26. The third kappa shape index (κ3) is 3.36. The normalized spacial score (nSPS) is 14.2. The van der Waals surface area contributed by atoms with E-state index in [2.05, 4.69) is 34.6 Å². The van der Waals surface area contributed by atoms with E-state index < -0.39 is 0 Å². The molecule has 1 aliphatic carbocycles. The molecule has 3 nitrogen and oxygen atoms in total. The Labute approximate surface area is 120 Å². The summed E-state index contributed by atoms with van der Waals surface area (Å²) in [6, 6.07) is 12.9. The van der Waals surface area contributed by atoms with Crippen molar-refractivity contribution >= 4 is 0 Å². The van der Waals surface area contributed by atoms with Gasteiger partial charge in [-0.2, -0.15) is 0 Å². The number of benzene rings is 1. The minimum absolute atomic E-state index is 0.667.